The highest BCUT2D eigenvalue weighted by Crippen LogP contribution is 2.23. The minimum Gasteiger partial charge on any atom is -0.292 e. The fraction of sp³-hybridized carbons (Fsp3) is 0.133. The van der Waals surface area contributed by atoms with Gasteiger partial charge in [-0.25, -0.2) is 0 Å². The number of hydrogen-bond donors (Lipinski definition) is 0. The molecule has 3 nitrogen and oxygen atoms in total. The Morgan fingerprint density at radius 2 is 2.21 bits per heavy atom. The molecule has 0 aliphatic rings. The van der Waals surface area contributed by atoms with Crippen molar-refractivity contribution >= 4 is 21.7 Å². The van der Waals surface area contributed by atoms with Gasteiger partial charge in [-0.15, -0.1) is 0 Å². The number of pyridine rings is 1. The summed E-state index contributed by atoms with van der Waals surface area (Å²) in [7, 11) is 0. The second-order valence-corrected chi connectivity index (χ2v) is 5.09. The van der Waals surface area contributed by atoms with E-state index in [1.807, 2.05) is 13.0 Å². The van der Waals surface area contributed by atoms with Crippen molar-refractivity contribution in [3.8, 4) is 6.07 Å². The summed E-state index contributed by atoms with van der Waals surface area (Å²) in [6.07, 6.45) is 3.17. The van der Waals surface area contributed by atoms with E-state index < -0.39 is 5.92 Å². The molecule has 19 heavy (non-hydrogen) atoms. The van der Waals surface area contributed by atoms with E-state index in [9.17, 15) is 10.1 Å². The van der Waals surface area contributed by atoms with Gasteiger partial charge in [0.2, 0.25) is 0 Å². The molecule has 0 fully saturated rings. The van der Waals surface area contributed by atoms with Crippen molar-refractivity contribution in [2.24, 2.45) is 0 Å². The van der Waals surface area contributed by atoms with E-state index in [2.05, 4.69) is 27.0 Å². The first-order valence-corrected chi connectivity index (χ1v) is 6.52. The first kappa shape index (κ1) is 13.4. The van der Waals surface area contributed by atoms with Crippen LogP contribution in [0.25, 0.3) is 0 Å². The Bertz CT molecular complexity index is 647. The van der Waals surface area contributed by atoms with Gasteiger partial charge in [0.1, 0.15) is 5.92 Å². The molecule has 0 aliphatic carbocycles. The summed E-state index contributed by atoms with van der Waals surface area (Å²) in [6, 6.07) is 10.9. The van der Waals surface area contributed by atoms with Crippen LogP contribution >= 0.6 is 15.9 Å². The maximum absolute atomic E-state index is 12.4. The van der Waals surface area contributed by atoms with Crippen molar-refractivity contribution in [3.63, 3.8) is 0 Å². The third kappa shape index (κ3) is 2.88. The monoisotopic (exact) mass is 314 g/mol. The molecule has 1 atom stereocenters. The molecule has 1 aromatic heterocycles. The van der Waals surface area contributed by atoms with Crippen LogP contribution in [-0.4, -0.2) is 10.8 Å². The molecule has 2 rings (SSSR count). The van der Waals surface area contributed by atoms with Crippen molar-refractivity contribution in [2.75, 3.05) is 0 Å². The van der Waals surface area contributed by atoms with Crippen LogP contribution in [0.4, 0.5) is 0 Å². The fourth-order valence-electron chi connectivity index (χ4n) is 1.89. The second kappa shape index (κ2) is 5.77. The number of Topliss-reactive ketones (excluding diaryl/α,β-unsaturated/α-hetero) is 1. The molecular weight excluding hydrogens is 304 g/mol. The highest BCUT2D eigenvalue weighted by molar-refractivity contribution is 9.10. The van der Waals surface area contributed by atoms with Gasteiger partial charge in [-0.05, 0) is 42.3 Å². The number of halogens is 1. The average molecular weight is 315 g/mol. The van der Waals surface area contributed by atoms with Gasteiger partial charge < -0.3 is 0 Å². The predicted octanol–water partition coefficient (Wildman–Crippen LogP) is 3.64. The van der Waals surface area contributed by atoms with Crippen molar-refractivity contribution < 1.29 is 4.79 Å². The Kier molecular flexibility index (Phi) is 4.08. The highest BCUT2D eigenvalue weighted by atomic mass is 79.9. The quantitative estimate of drug-likeness (QED) is 0.813. The molecule has 0 radical (unpaired) electrons. The number of rotatable bonds is 3. The average Bonchev–Trinajstić information content (AvgIpc) is 2.40. The van der Waals surface area contributed by atoms with Crippen LogP contribution in [0.3, 0.4) is 0 Å². The number of aromatic nitrogens is 1. The molecule has 0 aliphatic heterocycles. The Morgan fingerprint density at radius 1 is 1.42 bits per heavy atom. The minimum atomic E-state index is -0.812. The molecule has 4 heteroatoms. The summed E-state index contributed by atoms with van der Waals surface area (Å²) in [5.74, 6) is -1.01. The largest absolute Gasteiger partial charge is 0.292 e. The first-order valence-electron chi connectivity index (χ1n) is 5.73. The number of benzene rings is 1. The van der Waals surface area contributed by atoms with E-state index in [0.717, 1.165) is 10.0 Å². The number of carbonyl (C=O) groups excluding carboxylic acids is 1. The zero-order valence-electron chi connectivity index (χ0n) is 10.3. The smallest absolute Gasteiger partial charge is 0.184 e. The lowest BCUT2D eigenvalue weighted by molar-refractivity contribution is 0.0978. The summed E-state index contributed by atoms with van der Waals surface area (Å²) in [4.78, 5) is 16.4. The van der Waals surface area contributed by atoms with Gasteiger partial charge in [-0.3, -0.25) is 9.78 Å². The van der Waals surface area contributed by atoms with E-state index >= 15 is 0 Å². The van der Waals surface area contributed by atoms with Gasteiger partial charge in [0.05, 0.1) is 6.07 Å². The van der Waals surface area contributed by atoms with Crippen LogP contribution < -0.4 is 0 Å². The molecule has 1 heterocycles. The van der Waals surface area contributed by atoms with Crippen molar-refractivity contribution in [2.45, 2.75) is 12.8 Å². The van der Waals surface area contributed by atoms with Crippen LogP contribution in [0.1, 0.15) is 27.4 Å². The third-order valence-corrected chi connectivity index (χ3v) is 3.36. The number of nitrogens with zero attached hydrogens (tertiary/aromatic N) is 2. The zero-order chi connectivity index (χ0) is 13.8. The Labute approximate surface area is 120 Å². The molecule has 0 amide bonds. The van der Waals surface area contributed by atoms with Crippen molar-refractivity contribution in [1.29, 1.82) is 5.26 Å². The Balaban J connectivity index is 2.40. The normalized spacial score (nSPS) is 11.6. The molecule has 1 unspecified atom stereocenters. The molecule has 0 saturated carbocycles. The summed E-state index contributed by atoms with van der Waals surface area (Å²) in [5.41, 5.74) is 2.04. The first-order chi connectivity index (χ1) is 9.13. The standard InChI is InChI=1S/C15H11BrN2O/c1-10-7-12(16)4-5-13(10)15(19)14(8-17)11-3-2-6-18-9-11/h2-7,9,14H,1H3. The second-order valence-electron chi connectivity index (χ2n) is 4.17. The molecule has 2 aromatic rings. The van der Waals surface area contributed by atoms with Gasteiger partial charge in [0.25, 0.3) is 0 Å². The number of aryl methyl sites for hydroxylation is 1. The maximum atomic E-state index is 12.4. The van der Waals surface area contributed by atoms with E-state index in [0.29, 0.717) is 11.1 Å². The molecular formula is C15H11BrN2O. The predicted molar refractivity (Wildman–Crippen MR) is 75.8 cm³/mol. The Morgan fingerprint density at radius 3 is 2.79 bits per heavy atom. The highest BCUT2D eigenvalue weighted by Gasteiger charge is 2.23. The van der Waals surface area contributed by atoms with Gasteiger partial charge in [0, 0.05) is 22.4 Å². The van der Waals surface area contributed by atoms with Gasteiger partial charge in [-0.2, -0.15) is 5.26 Å². The van der Waals surface area contributed by atoms with Gasteiger partial charge in [0.15, 0.2) is 5.78 Å². The fourth-order valence-corrected chi connectivity index (χ4v) is 2.37. The van der Waals surface area contributed by atoms with Crippen LogP contribution in [-0.2, 0) is 0 Å². The molecule has 94 valence electrons. The Hall–Kier alpha value is -1.99. The summed E-state index contributed by atoms with van der Waals surface area (Å²) in [6.45, 7) is 1.86. The van der Waals surface area contributed by atoms with Crippen molar-refractivity contribution in [1.82, 2.24) is 4.98 Å². The topological polar surface area (TPSA) is 53.8 Å². The van der Waals surface area contributed by atoms with Crippen LogP contribution in [0.15, 0.2) is 47.2 Å². The summed E-state index contributed by atoms with van der Waals surface area (Å²) < 4.78 is 0.913. The van der Waals surface area contributed by atoms with E-state index in [4.69, 9.17) is 0 Å². The lowest BCUT2D eigenvalue weighted by atomic mass is 9.91. The van der Waals surface area contributed by atoms with Gasteiger partial charge >= 0.3 is 0 Å². The summed E-state index contributed by atoms with van der Waals surface area (Å²) >= 11 is 3.36. The van der Waals surface area contributed by atoms with Crippen LogP contribution in [0.2, 0.25) is 0 Å². The molecule has 0 spiro atoms. The number of nitriles is 1. The maximum Gasteiger partial charge on any atom is 0.184 e. The SMILES string of the molecule is Cc1cc(Br)ccc1C(=O)C(C#N)c1cccnc1. The van der Waals surface area contributed by atoms with Gasteiger partial charge in [-0.1, -0.05) is 22.0 Å². The molecule has 0 N–H and O–H groups in total. The van der Waals surface area contributed by atoms with Crippen LogP contribution in [0, 0.1) is 18.3 Å². The minimum absolute atomic E-state index is 0.194. The molecule has 1 aromatic carbocycles. The lowest BCUT2D eigenvalue weighted by Crippen LogP contribution is -2.12. The van der Waals surface area contributed by atoms with Crippen LogP contribution in [0.5, 0.6) is 0 Å². The van der Waals surface area contributed by atoms with E-state index in [1.165, 1.54) is 0 Å². The number of ketones is 1. The zero-order valence-corrected chi connectivity index (χ0v) is 11.9. The van der Waals surface area contributed by atoms with E-state index in [1.54, 1.807) is 36.7 Å². The number of hydrogen-bond acceptors (Lipinski definition) is 3. The van der Waals surface area contributed by atoms with Crippen molar-refractivity contribution in [3.05, 3.63) is 63.9 Å². The molecule has 0 saturated heterocycles. The molecule has 0 bridgehead atoms. The summed E-state index contributed by atoms with van der Waals surface area (Å²) in [5, 5.41) is 9.25. The third-order valence-electron chi connectivity index (χ3n) is 2.86. The lowest BCUT2D eigenvalue weighted by Gasteiger charge is -2.10. The van der Waals surface area contributed by atoms with E-state index in [-0.39, 0.29) is 5.78 Å². The number of carbonyl (C=O) groups is 1.